The fourth-order valence-corrected chi connectivity index (χ4v) is 4.54. The third-order valence-electron chi connectivity index (χ3n) is 4.97. The summed E-state index contributed by atoms with van der Waals surface area (Å²) in [7, 11) is 1.60. The molecular formula is C24H24N2O5S2. The first-order chi connectivity index (χ1) is 15.9. The van der Waals surface area contributed by atoms with E-state index >= 15 is 0 Å². The molecule has 1 heterocycles. The standard InChI is InChI=1S/C24H24N2O5S2/c1-31-19-11-9-16(10-12-19)14-20-22(28)26(24(32)33-20)13-4-2-3-8-21(27)25-18-7-5-6-17(15-18)23(29)30/h5-7,9-12,14-15H,2-4,8,13H2,1H3,(H,25,27)(H,29,30)/b20-14-. The van der Waals surface area contributed by atoms with E-state index in [-0.39, 0.29) is 17.4 Å². The normalized spacial score (nSPS) is 14.6. The van der Waals surface area contributed by atoms with Gasteiger partial charge in [-0.3, -0.25) is 14.5 Å². The van der Waals surface area contributed by atoms with E-state index in [4.69, 9.17) is 22.1 Å². The molecule has 0 aromatic heterocycles. The topological polar surface area (TPSA) is 95.9 Å². The number of thioether (sulfide) groups is 1. The monoisotopic (exact) mass is 484 g/mol. The van der Waals surface area contributed by atoms with Crippen LogP contribution in [0.3, 0.4) is 0 Å². The van der Waals surface area contributed by atoms with Crippen LogP contribution >= 0.6 is 24.0 Å². The number of methoxy groups -OCH3 is 1. The summed E-state index contributed by atoms with van der Waals surface area (Å²) < 4.78 is 5.69. The zero-order chi connectivity index (χ0) is 23.8. The van der Waals surface area contributed by atoms with Gasteiger partial charge in [0, 0.05) is 18.7 Å². The van der Waals surface area contributed by atoms with E-state index in [0.29, 0.717) is 34.3 Å². The second-order valence-electron chi connectivity index (χ2n) is 7.35. The number of anilines is 1. The van der Waals surface area contributed by atoms with Crippen LogP contribution in [0.5, 0.6) is 5.75 Å². The molecule has 3 rings (SSSR count). The third-order valence-corrected chi connectivity index (χ3v) is 6.34. The zero-order valence-electron chi connectivity index (χ0n) is 18.1. The highest BCUT2D eigenvalue weighted by molar-refractivity contribution is 8.26. The van der Waals surface area contributed by atoms with Crippen molar-refractivity contribution in [1.29, 1.82) is 0 Å². The molecule has 2 aromatic rings. The van der Waals surface area contributed by atoms with Crippen LogP contribution < -0.4 is 10.1 Å². The molecule has 1 aliphatic rings. The van der Waals surface area contributed by atoms with E-state index < -0.39 is 5.97 Å². The van der Waals surface area contributed by atoms with Crippen molar-refractivity contribution in [2.24, 2.45) is 0 Å². The Labute approximate surface area is 201 Å². The molecule has 2 aromatic carbocycles. The van der Waals surface area contributed by atoms with Crippen LogP contribution in [0.4, 0.5) is 5.69 Å². The second-order valence-corrected chi connectivity index (χ2v) is 9.03. The SMILES string of the molecule is COc1ccc(/C=C2\SC(=S)N(CCCCCC(=O)Nc3cccc(C(=O)O)c3)C2=O)cc1. The van der Waals surface area contributed by atoms with E-state index in [9.17, 15) is 14.4 Å². The molecule has 0 aliphatic carbocycles. The number of hydrogen-bond acceptors (Lipinski definition) is 6. The summed E-state index contributed by atoms with van der Waals surface area (Å²) >= 11 is 6.66. The minimum Gasteiger partial charge on any atom is -0.497 e. The summed E-state index contributed by atoms with van der Waals surface area (Å²) in [6.07, 6.45) is 4.28. The molecule has 0 radical (unpaired) electrons. The lowest BCUT2D eigenvalue weighted by atomic mass is 10.1. The number of carboxylic acids is 1. The Morgan fingerprint density at radius 2 is 1.91 bits per heavy atom. The maximum Gasteiger partial charge on any atom is 0.335 e. The smallest absolute Gasteiger partial charge is 0.335 e. The summed E-state index contributed by atoms with van der Waals surface area (Å²) in [5, 5.41) is 11.7. The van der Waals surface area contributed by atoms with E-state index in [1.807, 2.05) is 30.3 Å². The van der Waals surface area contributed by atoms with Gasteiger partial charge < -0.3 is 15.2 Å². The molecule has 0 atom stereocenters. The number of carboxylic acid groups (broad SMARTS) is 1. The quantitative estimate of drug-likeness (QED) is 0.284. The molecule has 1 saturated heterocycles. The van der Waals surface area contributed by atoms with Crippen molar-refractivity contribution in [2.75, 3.05) is 19.0 Å². The van der Waals surface area contributed by atoms with Crippen LogP contribution in [0.15, 0.2) is 53.4 Å². The second kappa shape index (κ2) is 11.6. The van der Waals surface area contributed by atoms with Crippen molar-refractivity contribution in [3.8, 4) is 5.75 Å². The molecule has 33 heavy (non-hydrogen) atoms. The zero-order valence-corrected chi connectivity index (χ0v) is 19.7. The lowest BCUT2D eigenvalue weighted by Gasteiger charge is -2.14. The van der Waals surface area contributed by atoms with Crippen molar-refractivity contribution in [3.05, 3.63) is 64.6 Å². The van der Waals surface area contributed by atoms with Gasteiger partial charge in [-0.25, -0.2) is 4.79 Å². The van der Waals surface area contributed by atoms with Gasteiger partial charge in [0.05, 0.1) is 17.6 Å². The predicted octanol–water partition coefficient (Wildman–Crippen LogP) is 4.79. The van der Waals surface area contributed by atoms with Gasteiger partial charge in [-0.05, 0) is 54.8 Å². The van der Waals surface area contributed by atoms with Crippen LogP contribution in [-0.2, 0) is 9.59 Å². The number of rotatable bonds is 10. The predicted molar refractivity (Wildman–Crippen MR) is 133 cm³/mol. The van der Waals surface area contributed by atoms with E-state index in [1.54, 1.807) is 24.1 Å². The van der Waals surface area contributed by atoms with Crippen LogP contribution in [0.1, 0.15) is 41.6 Å². The number of thiocarbonyl (C=S) groups is 1. The summed E-state index contributed by atoms with van der Waals surface area (Å²) in [5.74, 6) is -0.565. The number of aromatic carboxylic acids is 1. The number of amides is 2. The van der Waals surface area contributed by atoms with Gasteiger partial charge in [-0.15, -0.1) is 0 Å². The molecule has 1 aliphatic heterocycles. The first-order valence-corrected chi connectivity index (χ1v) is 11.6. The Morgan fingerprint density at radius 3 is 2.61 bits per heavy atom. The maximum atomic E-state index is 12.7. The van der Waals surface area contributed by atoms with Crippen LogP contribution in [0.2, 0.25) is 0 Å². The van der Waals surface area contributed by atoms with Crippen molar-refractivity contribution >= 4 is 57.8 Å². The fraction of sp³-hybridized carbons (Fsp3) is 0.250. The average Bonchev–Trinajstić information content (AvgIpc) is 3.06. The van der Waals surface area contributed by atoms with E-state index in [1.165, 1.54) is 23.9 Å². The Morgan fingerprint density at radius 1 is 1.15 bits per heavy atom. The highest BCUT2D eigenvalue weighted by Crippen LogP contribution is 2.33. The Balaban J connectivity index is 1.42. The van der Waals surface area contributed by atoms with Gasteiger partial charge in [0.1, 0.15) is 10.1 Å². The van der Waals surface area contributed by atoms with Crippen LogP contribution in [0.25, 0.3) is 6.08 Å². The van der Waals surface area contributed by atoms with Gasteiger partial charge in [0.2, 0.25) is 5.91 Å². The molecule has 0 spiro atoms. The molecule has 172 valence electrons. The summed E-state index contributed by atoms with van der Waals surface area (Å²) in [6, 6.07) is 13.6. The minimum atomic E-state index is -1.04. The van der Waals surface area contributed by atoms with E-state index in [0.717, 1.165) is 24.2 Å². The minimum absolute atomic E-state index is 0.100. The van der Waals surface area contributed by atoms with Gasteiger partial charge in [0.25, 0.3) is 5.91 Å². The van der Waals surface area contributed by atoms with Gasteiger partial charge in [-0.1, -0.05) is 48.6 Å². The number of unbranched alkanes of at least 4 members (excludes halogenated alkanes) is 2. The molecule has 0 bridgehead atoms. The Bertz CT molecular complexity index is 1080. The third kappa shape index (κ3) is 6.90. The van der Waals surface area contributed by atoms with Crippen LogP contribution in [0, 0.1) is 0 Å². The largest absolute Gasteiger partial charge is 0.497 e. The molecule has 2 amide bonds. The highest BCUT2D eigenvalue weighted by atomic mass is 32.2. The Kier molecular flexibility index (Phi) is 8.62. The van der Waals surface area contributed by atoms with Crippen molar-refractivity contribution in [1.82, 2.24) is 4.90 Å². The lowest BCUT2D eigenvalue weighted by molar-refractivity contribution is -0.122. The average molecular weight is 485 g/mol. The van der Waals surface area contributed by atoms with E-state index in [2.05, 4.69) is 5.32 Å². The number of ether oxygens (including phenoxy) is 1. The number of benzene rings is 2. The molecule has 2 N–H and O–H groups in total. The maximum absolute atomic E-state index is 12.7. The first-order valence-electron chi connectivity index (χ1n) is 10.4. The summed E-state index contributed by atoms with van der Waals surface area (Å²) in [6.45, 7) is 0.507. The highest BCUT2D eigenvalue weighted by Gasteiger charge is 2.31. The number of hydrogen-bond donors (Lipinski definition) is 2. The number of nitrogens with zero attached hydrogens (tertiary/aromatic N) is 1. The van der Waals surface area contributed by atoms with Crippen LogP contribution in [-0.4, -0.2) is 45.8 Å². The molecule has 1 fully saturated rings. The molecule has 0 saturated carbocycles. The number of carbonyl (C=O) groups is 3. The van der Waals surface area contributed by atoms with Gasteiger partial charge in [0.15, 0.2) is 0 Å². The van der Waals surface area contributed by atoms with Crippen molar-refractivity contribution in [2.45, 2.75) is 25.7 Å². The molecule has 0 unspecified atom stereocenters. The van der Waals surface area contributed by atoms with Crippen molar-refractivity contribution in [3.63, 3.8) is 0 Å². The summed E-state index contributed by atoms with van der Waals surface area (Å²) in [4.78, 5) is 38.0. The van der Waals surface area contributed by atoms with Gasteiger partial charge in [-0.2, -0.15) is 0 Å². The molecular weight excluding hydrogens is 460 g/mol. The van der Waals surface area contributed by atoms with Crippen molar-refractivity contribution < 1.29 is 24.2 Å². The lowest BCUT2D eigenvalue weighted by Crippen LogP contribution is -2.29. The first kappa shape index (κ1) is 24.5. The van der Waals surface area contributed by atoms with Gasteiger partial charge >= 0.3 is 5.97 Å². The number of carbonyl (C=O) groups excluding carboxylic acids is 2. The Hall–Kier alpha value is -3.17. The molecule has 9 heteroatoms. The molecule has 7 nitrogen and oxygen atoms in total. The number of nitrogens with one attached hydrogen (secondary N) is 1. The summed E-state index contributed by atoms with van der Waals surface area (Å²) in [5.41, 5.74) is 1.48. The fourth-order valence-electron chi connectivity index (χ4n) is 3.23.